The second kappa shape index (κ2) is 5.69. The lowest BCUT2D eigenvalue weighted by Gasteiger charge is -2.14. The Morgan fingerprint density at radius 2 is 2.00 bits per heavy atom. The number of hydrogen-bond donors (Lipinski definition) is 1. The molecule has 2 aromatic rings. The largest absolute Gasteiger partial charge is 0.437 e. The number of nitrogens with one attached hydrogen (secondary N) is 1. The van der Waals surface area contributed by atoms with E-state index < -0.39 is 0 Å². The van der Waals surface area contributed by atoms with Gasteiger partial charge in [0.25, 0.3) is 0 Å². The van der Waals surface area contributed by atoms with Crippen LogP contribution in [0.25, 0.3) is 0 Å². The fraction of sp³-hybridized carbons (Fsp3) is 0.333. The molecule has 0 atom stereocenters. The van der Waals surface area contributed by atoms with Crippen LogP contribution in [0.15, 0.2) is 30.6 Å². The van der Waals surface area contributed by atoms with E-state index in [1.54, 1.807) is 19.4 Å². The molecule has 1 aromatic carbocycles. The third-order valence-corrected chi connectivity index (χ3v) is 2.87. The van der Waals surface area contributed by atoms with Crippen molar-refractivity contribution in [3.63, 3.8) is 0 Å². The first-order chi connectivity index (χ1) is 9.10. The van der Waals surface area contributed by atoms with Gasteiger partial charge in [-0.3, -0.25) is 4.98 Å². The summed E-state index contributed by atoms with van der Waals surface area (Å²) in [5.41, 5.74) is 2.33. The van der Waals surface area contributed by atoms with Crippen molar-refractivity contribution in [2.24, 2.45) is 0 Å². The average Bonchev–Trinajstić information content (AvgIpc) is 2.38. The van der Waals surface area contributed by atoms with Crippen molar-refractivity contribution >= 4 is 5.82 Å². The van der Waals surface area contributed by atoms with Crippen molar-refractivity contribution in [3.05, 3.63) is 41.7 Å². The third-order valence-electron chi connectivity index (χ3n) is 2.87. The number of nitrogens with zero attached hydrogens (tertiary/aromatic N) is 2. The van der Waals surface area contributed by atoms with Crippen molar-refractivity contribution < 1.29 is 4.74 Å². The molecular formula is C15H19N3O. The van der Waals surface area contributed by atoms with Crippen LogP contribution in [0.5, 0.6) is 11.6 Å². The SMILES string of the molecule is CNc1cncc(Oc2cc(C)ccc2C(C)C)n1. The van der Waals surface area contributed by atoms with Gasteiger partial charge in [0.05, 0.1) is 12.4 Å². The summed E-state index contributed by atoms with van der Waals surface area (Å²) in [6.45, 7) is 6.34. The van der Waals surface area contributed by atoms with Crippen molar-refractivity contribution in [2.45, 2.75) is 26.7 Å². The first kappa shape index (κ1) is 13.3. The van der Waals surface area contributed by atoms with Crippen LogP contribution in [0, 0.1) is 6.92 Å². The molecule has 4 nitrogen and oxygen atoms in total. The molecule has 2 rings (SSSR count). The van der Waals surface area contributed by atoms with Crippen molar-refractivity contribution in [1.29, 1.82) is 0 Å². The van der Waals surface area contributed by atoms with E-state index >= 15 is 0 Å². The molecule has 100 valence electrons. The van der Waals surface area contributed by atoms with Gasteiger partial charge >= 0.3 is 0 Å². The van der Waals surface area contributed by atoms with Crippen LogP contribution >= 0.6 is 0 Å². The van der Waals surface area contributed by atoms with Crippen molar-refractivity contribution in [3.8, 4) is 11.6 Å². The first-order valence-electron chi connectivity index (χ1n) is 6.38. The Labute approximate surface area is 113 Å². The molecule has 1 N–H and O–H groups in total. The highest BCUT2D eigenvalue weighted by Gasteiger charge is 2.10. The molecule has 0 aliphatic rings. The Morgan fingerprint density at radius 3 is 2.68 bits per heavy atom. The van der Waals surface area contributed by atoms with E-state index in [1.165, 1.54) is 5.56 Å². The number of hydrogen-bond acceptors (Lipinski definition) is 4. The minimum atomic E-state index is 0.399. The minimum absolute atomic E-state index is 0.399. The number of aryl methyl sites for hydroxylation is 1. The molecule has 0 saturated carbocycles. The molecule has 0 radical (unpaired) electrons. The minimum Gasteiger partial charge on any atom is -0.437 e. The molecule has 0 spiro atoms. The maximum atomic E-state index is 5.88. The summed E-state index contributed by atoms with van der Waals surface area (Å²) in [4.78, 5) is 8.42. The zero-order chi connectivity index (χ0) is 13.8. The molecule has 4 heteroatoms. The summed E-state index contributed by atoms with van der Waals surface area (Å²) in [5.74, 6) is 2.43. The lowest BCUT2D eigenvalue weighted by molar-refractivity contribution is 0.452. The topological polar surface area (TPSA) is 47.0 Å². The molecule has 0 aliphatic heterocycles. The highest BCUT2D eigenvalue weighted by molar-refractivity contribution is 5.41. The first-order valence-corrected chi connectivity index (χ1v) is 6.38. The van der Waals surface area contributed by atoms with Gasteiger partial charge in [-0.1, -0.05) is 26.0 Å². The maximum Gasteiger partial charge on any atom is 0.239 e. The number of benzene rings is 1. The van der Waals surface area contributed by atoms with Crippen LogP contribution in [-0.4, -0.2) is 17.0 Å². The van der Waals surface area contributed by atoms with Crippen LogP contribution in [0.1, 0.15) is 30.9 Å². The van der Waals surface area contributed by atoms with E-state index in [9.17, 15) is 0 Å². The summed E-state index contributed by atoms with van der Waals surface area (Å²) >= 11 is 0. The Bertz CT molecular complexity index is 567. The molecule has 0 saturated heterocycles. The van der Waals surface area contributed by atoms with E-state index in [-0.39, 0.29) is 0 Å². The molecule has 0 bridgehead atoms. The predicted molar refractivity (Wildman–Crippen MR) is 76.9 cm³/mol. The average molecular weight is 257 g/mol. The van der Waals surface area contributed by atoms with Gasteiger partial charge in [0.15, 0.2) is 0 Å². The third kappa shape index (κ3) is 3.22. The van der Waals surface area contributed by atoms with E-state index in [0.717, 1.165) is 11.3 Å². The molecule has 0 unspecified atom stereocenters. The summed E-state index contributed by atoms with van der Waals surface area (Å²) in [5, 5.41) is 2.95. The van der Waals surface area contributed by atoms with Crippen LogP contribution < -0.4 is 10.1 Å². The molecule has 0 amide bonds. The molecule has 0 fully saturated rings. The number of anilines is 1. The van der Waals surface area contributed by atoms with E-state index in [0.29, 0.717) is 17.6 Å². The summed E-state index contributed by atoms with van der Waals surface area (Å²) < 4.78 is 5.88. The highest BCUT2D eigenvalue weighted by atomic mass is 16.5. The Balaban J connectivity index is 2.33. The summed E-state index contributed by atoms with van der Waals surface area (Å²) in [6.07, 6.45) is 3.28. The van der Waals surface area contributed by atoms with Gasteiger partial charge in [-0.05, 0) is 30.0 Å². The monoisotopic (exact) mass is 257 g/mol. The Hall–Kier alpha value is -2.10. The van der Waals surface area contributed by atoms with Crippen LogP contribution in [-0.2, 0) is 0 Å². The Morgan fingerprint density at radius 1 is 1.21 bits per heavy atom. The van der Waals surface area contributed by atoms with Crippen molar-refractivity contribution in [1.82, 2.24) is 9.97 Å². The summed E-state index contributed by atoms with van der Waals surface area (Å²) in [7, 11) is 1.81. The molecule has 1 aromatic heterocycles. The predicted octanol–water partition coefficient (Wildman–Crippen LogP) is 3.74. The maximum absolute atomic E-state index is 5.88. The van der Waals surface area contributed by atoms with Crippen molar-refractivity contribution in [2.75, 3.05) is 12.4 Å². The van der Waals surface area contributed by atoms with Gasteiger partial charge in [0.1, 0.15) is 11.6 Å². The van der Waals surface area contributed by atoms with Gasteiger partial charge < -0.3 is 10.1 Å². The van der Waals surface area contributed by atoms with Gasteiger partial charge in [-0.25, -0.2) is 0 Å². The fourth-order valence-electron chi connectivity index (χ4n) is 1.84. The van der Waals surface area contributed by atoms with Gasteiger partial charge in [0.2, 0.25) is 5.88 Å². The zero-order valence-corrected chi connectivity index (χ0v) is 11.8. The fourth-order valence-corrected chi connectivity index (χ4v) is 1.84. The molecule has 1 heterocycles. The number of ether oxygens (including phenoxy) is 1. The second-order valence-corrected chi connectivity index (χ2v) is 4.79. The number of rotatable bonds is 4. The van der Waals surface area contributed by atoms with Gasteiger partial charge in [0, 0.05) is 7.05 Å². The number of aromatic nitrogens is 2. The van der Waals surface area contributed by atoms with E-state index in [2.05, 4.69) is 41.3 Å². The lowest BCUT2D eigenvalue weighted by Crippen LogP contribution is -1.98. The standard InChI is InChI=1S/C15H19N3O/c1-10(2)12-6-5-11(3)7-13(12)19-15-9-17-8-14(16-4)18-15/h5-10H,1-4H3,(H,16,18). The second-order valence-electron chi connectivity index (χ2n) is 4.79. The molecule has 19 heavy (non-hydrogen) atoms. The molecule has 0 aliphatic carbocycles. The molecular weight excluding hydrogens is 238 g/mol. The summed E-state index contributed by atoms with van der Waals surface area (Å²) in [6, 6.07) is 6.23. The quantitative estimate of drug-likeness (QED) is 0.906. The van der Waals surface area contributed by atoms with E-state index in [4.69, 9.17) is 4.74 Å². The normalized spacial score (nSPS) is 10.6. The van der Waals surface area contributed by atoms with Crippen LogP contribution in [0.2, 0.25) is 0 Å². The van der Waals surface area contributed by atoms with Gasteiger partial charge in [-0.2, -0.15) is 4.98 Å². The Kier molecular flexibility index (Phi) is 4.00. The smallest absolute Gasteiger partial charge is 0.239 e. The van der Waals surface area contributed by atoms with Gasteiger partial charge in [-0.15, -0.1) is 0 Å². The van der Waals surface area contributed by atoms with Crippen LogP contribution in [0.4, 0.5) is 5.82 Å². The zero-order valence-electron chi connectivity index (χ0n) is 11.8. The highest BCUT2D eigenvalue weighted by Crippen LogP contribution is 2.30. The van der Waals surface area contributed by atoms with Crippen LogP contribution in [0.3, 0.4) is 0 Å². The lowest BCUT2D eigenvalue weighted by atomic mass is 10.0. The van der Waals surface area contributed by atoms with E-state index in [1.807, 2.05) is 13.0 Å².